The molecule has 0 radical (unpaired) electrons. The monoisotopic (exact) mass is 285 g/mol. The summed E-state index contributed by atoms with van der Waals surface area (Å²) < 4.78 is 5.45. The van der Waals surface area contributed by atoms with E-state index in [2.05, 4.69) is 0 Å². The van der Waals surface area contributed by atoms with E-state index in [9.17, 15) is 14.7 Å². The van der Waals surface area contributed by atoms with Gasteiger partial charge in [-0.25, -0.2) is 4.79 Å². The number of hydrogen-bond acceptors (Lipinski definition) is 3. The van der Waals surface area contributed by atoms with Crippen molar-refractivity contribution >= 4 is 12.1 Å². The van der Waals surface area contributed by atoms with Crippen LogP contribution in [0.2, 0.25) is 0 Å². The summed E-state index contributed by atoms with van der Waals surface area (Å²) in [5.41, 5.74) is -0.575. The second-order valence-corrected chi connectivity index (χ2v) is 6.99. The lowest BCUT2D eigenvalue weighted by molar-refractivity contribution is -0.147. The molecule has 0 aromatic heterocycles. The van der Waals surface area contributed by atoms with E-state index in [1.807, 2.05) is 41.5 Å². The Morgan fingerprint density at radius 1 is 1.25 bits per heavy atom. The summed E-state index contributed by atoms with van der Waals surface area (Å²) in [6, 6.07) is -0.307. The van der Waals surface area contributed by atoms with E-state index < -0.39 is 23.6 Å². The van der Waals surface area contributed by atoms with E-state index in [1.54, 1.807) is 4.90 Å². The summed E-state index contributed by atoms with van der Waals surface area (Å²) in [6.45, 7) is 11.3. The van der Waals surface area contributed by atoms with Crippen LogP contribution in [0.25, 0.3) is 0 Å². The highest BCUT2D eigenvalue weighted by molar-refractivity contribution is 5.74. The van der Waals surface area contributed by atoms with Crippen LogP contribution in [-0.2, 0) is 9.53 Å². The van der Waals surface area contributed by atoms with Crippen LogP contribution in [0.15, 0.2) is 0 Å². The highest BCUT2D eigenvalue weighted by Crippen LogP contribution is 2.33. The highest BCUT2D eigenvalue weighted by Gasteiger charge is 2.44. The van der Waals surface area contributed by atoms with E-state index in [1.165, 1.54) is 0 Å². The zero-order chi connectivity index (χ0) is 15.7. The first kappa shape index (κ1) is 16.8. The quantitative estimate of drug-likeness (QED) is 0.846. The van der Waals surface area contributed by atoms with Crippen LogP contribution in [0.4, 0.5) is 4.79 Å². The van der Waals surface area contributed by atoms with Gasteiger partial charge in [0.2, 0.25) is 0 Å². The maximum atomic E-state index is 12.4. The molecule has 1 aliphatic rings. The molecule has 5 nitrogen and oxygen atoms in total. The fourth-order valence-corrected chi connectivity index (χ4v) is 2.89. The van der Waals surface area contributed by atoms with Gasteiger partial charge in [-0.3, -0.25) is 4.79 Å². The minimum Gasteiger partial charge on any atom is -0.481 e. The van der Waals surface area contributed by atoms with Gasteiger partial charge in [0.15, 0.2) is 0 Å². The lowest BCUT2D eigenvalue weighted by atomic mass is 9.80. The Kier molecular flexibility index (Phi) is 5.05. The maximum Gasteiger partial charge on any atom is 0.410 e. The zero-order valence-electron chi connectivity index (χ0n) is 13.3. The van der Waals surface area contributed by atoms with E-state index in [-0.39, 0.29) is 18.0 Å². The number of piperidine rings is 1. The third-order valence-corrected chi connectivity index (χ3v) is 3.71. The maximum absolute atomic E-state index is 12.4. The molecule has 1 N–H and O–H groups in total. The van der Waals surface area contributed by atoms with Crippen molar-refractivity contribution in [3.8, 4) is 0 Å². The topological polar surface area (TPSA) is 66.8 Å². The Labute approximate surface area is 121 Å². The smallest absolute Gasteiger partial charge is 0.410 e. The third-order valence-electron chi connectivity index (χ3n) is 3.71. The van der Waals surface area contributed by atoms with Crippen LogP contribution >= 0.6 is 0 Å². The number of amides is 1. The van der Waals surface area contributed by atoms with Gasteiger partial charge in [0.1, 0.15) is 5.60 Å². The third kappa shape index (κ3) is 3.87. The predicted octanol–water partition coefficient (Wildman–Crippen LogP) is 3.13. The number of carboxylic acids is 1. The summed E-state index contributed by atoms with van der Waals surface area (Å²) in [5, 5.41) is 9.40. The summed E-state index contributed by atoms with van der Waals surface area (Å²) >= 11 is 0. The number of rotatable bonds is 2. The molecule has 3 atom stereocenters. The van der Waals surface area contributed by atoms with Crippen LogP contribution in [0, 0.1) is 11.8 Å². The summed E-state index contributed by atoms with van der Waals surface area (Å²) in [5.74, 6) is -1.27. The molecule has 116 valence electrons. The van der Waals surface area contributed by atoms with Gasteiger partial charge in [0.25, 0.3) is 0 Å². The van der Waals surface area contributed by atoms with Crippen molar-refractivity contribution < 1.29 is 19.4 Å². The van der Waals surface area contributed by atoms with Crippen molar-refractivity contribution in [1.82, 2.24) is 4.90 Å². The van der Waals surface area contributed by atoms with Gasteiger partial charge in [0.05, 0.1) is 12.0 Å². The highest BCUT2D eigenvalue weighted by atomic mass is 16.6. The Morgan fingerprint density at radius 3 is 2.20 bits per heavy atom. The van der Waals surface area contributed by atoms with Gasteiger partial charge < -0.3 is 14.7 Å². The van der Waals surface area contributed by atoms with Crippen molar-refractivity contribution in [1.29, 1.82) is 0 Å². The minimum atomic E-state index is -0.829. The average molecular weight is 285 g/mol. The molecule has 1 fully saturated rings. The summed E-state index contributed by atoms with van der Waals surface area (Å²) in [7, 11) is 0. The van der Waals surface area contributed by atoms with E-state index in [0.29, 0.717) is 12.8 Å². The number of carbonyl (C=O) groups excluding carboxylic acids is 1. The molecule has 3 unspecified atom stereocenters. The molecule has 1 saturated heterocycles. The Hall–Kier alpha value is -1.26. The second kappa shape index (κ2) is 6.02. The number of likely N-dealkylation sites (tertiary alicyclic amines) is 1. The lowest BCUT2D eigenvalue weighted by Gasteiger charge is -2.45. The molecule has 0 bridgehead atoms. The van der Waals surface area contributed by atoms with Crippen molar-refractivity contribution in [2.24, 2.45) is 11.8 Å². The number of carbonyl (C=O) groups is 2. The standard InChI is InChI=1S/C15H27NO4/c1-9(2)12-11(13(17)18)8-7-10(3)16(12)14(19)20-15(4,5)6/h9-12H,7-8H2,1-6H3,(H,17,18). The molecule has 0 spiro atoms. The number of ether oxygens (including phenoxy) is 1. The molecule has 20 heavy (non-hydrogen) atoms. The van der Waals surface area contributed by atoms with Gasteiger partial charge in [-0.05, 0) is 46.5 Å². The van der Waals surface area contributed by atoms with Crippen molar-refractivity contribution in [3.05, 3.63) is 0 Å². The van der Waals surface area contributed by atoms with Crippen molar-refractivity contribution in [2.45, 2.75) is 72.1 Å². The van der Waals surface area contributed by atoms with Crippen LogP contribution in [0.1, 0.15) is 54.4 Å². The van der Waals surface area contributed by atoms with Crippen molar-refractivity contribution in [2.75, 3.05) is 0 Å². The largest absolute Gasteiger partial charge is 0.481 e. The fraction of sp³-hybridized carbons (Fsp3) is 0.867. The Balaban J connectivity index is 3.03. The van der Waals surface area contributed by atoms with Gasteiger partial charge in [-0.15, -0.1) is 0 Å². The summed E-state index contributed by atoms with van der Waals surface area (Å²) in [6.07, 6.45) is 0.896. The van der Waals surface area contributed by atoms with Crippen LogP contribution in [0.5, 0.6) is 0 Å². The molecule has 0 saturated carbocycles. The first-order chi connectivity index (χ1) is 9.04. The number of carboxylic acid groups (broad SMARTS) is 1. The molecule has 1 rings (SSSR count). The molecule has 0 aliphatic carbocycles. The molecular formula is C15H27NO4. The average Bonchev–Trinajstić information content (AvgIpc) is 2.24. The SMILES string of the molecule is CC(C)C1C(C(=O)O)CCC(C)N1C(=O)OC(C)(C)C. The van der Waals surface area contributed by atoms with Gasteiger partial charge in [-0.1, -0.05) is 13.8 Å². The first-order valence-electron chi connectivity index (χ1n) is 7.28. The van der Waals surface area contributed by atoms with Crippen LogP contribution in [-0.4, -0.2) is 39.8 Å². The minimum absolute atomic E-state index is 0.00727. The molecule has 0 aromatic carbocycles. The Morgan fingerprint density at radius 2 is 1.80 bits per heavy atom. The molecule has 0 aromatic rings. The normalized spacial score (nSPS) is 27.6. The van der Waals surface area contributed by atoms with Crippen molar-refractivity contribution in [3.63, 3.8) is 0 Å². The van der Waals surface area contributed by atoms with E-state index in [0.717, 1.165) is 0 Å². The Bertz CT molecular complexity index is 373. The zero-order valence-corrected chi connectivity index (χ0v) is 13.3. The number of hydrogen-bond donors (Lipinski definition) is 1. The summed E-state index contributed by atoms with van der Waals surface area (Å²) in [4.78, 5) is 25.5. The predicted molar refractivity (Wildman–Crippen MR) is 76.5 cm³/mol. The van der Waals surface area contributed by atoms with Gasteiger partial charge in [0, 0.05) is 6.04 Å². The van der Waals surface area contributed by atoms with Crippen LogP contribution < -0.4 is 0 Å². The molecule has 1 aliphatic heterocycles. The molecule has 1 amide bonds. The van der Waals surface area contributed by atoms with E-state index >= 15 is 0 Å². The van der Waals surface area contributed by atoms with E-state index in [4.69, 9.17) is 4.74 Å². The lowest BCUT2D eigenvalue weighted by Crippen LogP contribution is -2.57. The molecule has 5 heteroatoms. The molecule has 1 heterocycles. The fourth-order valence-electron chi connectivity index (χ4n) is 2.89. The number of nitrogens with zero attached hydrogens (tertiary/aromatic N) is 1. The van der Waals surface area contributed by atoms with Gasteiger partial charge >= 0.3 is 12.1 Å². The second-order valence-electron chi connectivity index (χ2n) is 6.99. The number of aliphatic carboxylic acids is 1. The van der Waals surface area contributed by atoms with Gasteiger partial charge in [-0.2, -0.15) is 0 Å². The van der Waals surface area contributed by atoms with Crippen LogP contribution in [0.3, 0.4) is 0 Å². The first-order valence-corrected chi connectivity index (χ1v) is 7.28. The molecular weight excluding hydrogens is 258 g/mol.